The Bertz CT molecular complexity index is 413. The predicted molar refractivity (Wildman–Crippen MR) is 94.0 cm³/mol. The first-order chi connectivity index (χ1) is 11.8. The van der Waals surface area contributed by atoms with Gasteiger partial charge in [0, 0.05) is 26.2 Å². The van der Waals surface area contributed by atoms with E-state index in [1.165, 1.54) is 19.3 Å². The fourth-order valence-electron chi connectivity index (χ4n) is 3.79. The number of nitrogens with one attached hydrogen (secondary N) is 1. The van der Waals surface area contributed by atoms with Crippen molar-refractivity contribution in [3.63, 3.8) is 0 Å². The summed E-state index contributed by atoms with van der Waals surface area (Å²) in [4.78, 5) is 14.2. The molecule has 2 saturated heterocycles. The van der Waals surface area contributed by atoms with Gasteiger partial charge in [-0.15, -0.1) is 0 Å². The van der Waals surface area contributed by atoms with E-state index >= 15 is 0 Å². The van der Waals surface area contributed by atoms with Crippen molar-refractivity contribution in [3.05, 3.63) is 12.2 Å². The molecule has 136 valence electrons. The lowest BCUT2D eigenvalue weighted by atomic mass is 9.94. The molecule has 2 aliphatic heterocycles. The van der Waals surface area contributed by atoms with Crippen molar-refractivity contribution in [1.29, 1.82) is 0 Å². The van der Waals surface area contributed by atoms with E-state index in [0.29, 0.717) is 12.5 Å². The van der Waals surface area contributed by atoms with Crippen molar-refractivity contribution in [2.75, 3.05) is 32.8 Å². The summed E-state index contributed by atoms with van der Waals surface area (Å²) >= 11 is 0. The smallest absolute Gasteiger partial charge is 0.317 e. The van der Waals surface area contributed by atoms with Crippen molar-refractivity contribution < 1.29 is 14.3 Å². The van der Waals surface area contributed by atoms with Crippen molar-refractivity contribution >= 4 is 6.03 Å². The van der Waals surface area contributed by atoms with Crippen LogP contribution < -0.4 is 5.32 Å². The number of hydrogen-bond donors (Lipinski definition) is 1. The molecule has 0 aromatic heterocycles. The second-order valence-corrected chi connectivity index (χ2v) is 7.34. The highest BCUT2D eigenvalue weighted by atomic mass is 16.5. The first-order valence-electron chi connectivity index (χ1n) is 9.72. The number of rotatable bonds is 5. The van der Waals surface area contributed by atoms with Gasteiger partial charge in [-0.1, -0.05) is 12.2 Å². The zero-order valence-corrected chi connectivity index (χ0v) is 14.8. The summed E-state index contributed by atoms with van der Waals surface area (Å²) in [5, 5.41) is 3.11. The molecule has 0 unspecified atom stereocenters. The zero-order valence-electron chi connectivity index (χ0n) is 14.8. The van der Waals surface area contributed by atoms with Crippen LogP contribution in [-0.4, -0.2) is 56.0 Å². The number of carbonyl (C=O) groups excluding carboxylic acids is 1. The second kappa shape index (κ2) is 9.42. The van der Waals surface area contributed by atoms with Crippen LogP contribution in [0.25, 0.3) is 0 Å². The van der Waals surface area contributed by atoms with Gasteiger partial charge in [-0.3, -0.25) is 0 Å². The van der Waals surface area contributed by atoms with Gasteiger partial charge in [0.05, 0.1) is 18.8 Å². The monoisotopic (exact) mass is 336 g/mol. The standard InChI is InChI=1S/C19H32N2O3/c22-19(20-14-16-6-2-1-3-7-16)21-11-9-17(10-12-21)24-15-18-8-4-5-13-23-18/h1-2,16-18H,3-15H2,(H,20,22)/t16-,18-/m0/s1. The average Bonchev–Trinajstić information content (AvgIpc) is 2.66. The zero-order chi connectivity index (χ0) is 16.6. The predicted octanol–water partition coefficient (Wildman–Crippen LogP) is 3.10. The summed E-state index contributed by atoms with van der Waals surface area (Å²) in [5.74, 6) is 0.607. The number of urea groups is 1. The maximum atomic E-state index is 12.3. The van der Waals surface area contributed by atoms with Gasteiger partial charge in [0.1, 0.15) is 0 Å². The van der Waals surface area contributed by atoms with E-state index in [9.17, 15) is 4.79 Å². The molecule has 2 heterocycles. The summed E-state index contributed by atoms with van der Waals surface area (Å²) in [5.41, 5.74) is 0. The van der Waals surface area contributed by atoms with Crippen molar-refractivity contribution in [3.8, 4) is 0 Å². The van der Waals surface area contributed by atoms with E-state index in [4.69, 9.17) is 9.47 Å². The summed E-state index contributed by atoms with van der Waals surface area (Å²) in [6.45, 7) is 3.99. The van der Waals surface area contributed by atoms with Crippen LogP contribution >= 0.6 is 0 Å². The van der Waals surface area contributed by atoms with E-state index in [0.717, 1.165) is 58.3 Å². The van der Waals surface area contributed by atoms with Gasteiger partial charge in [-0.05, 0) is 57.3 Å². The van der Waals surface area contributed by atoms with Crippen LogP contribution in [-0.2, 0) is 9.47 Å². The Balaban J connectivity index is 1.29. The SMILES string of the molecule is O=C(NC[C@H]1CC=CCC1)N1CCC(OC[C@@H]2CCCCO2)CC1. The Hall–Kier alpha value is -1.07. The fourth-order valence-corrected chi connectivity index (χ4v) is 3.79. The molecule has 0 bridgehead atoms. The van der Waals surface area contributed by atoms with Crippen LogP contribution in [0.3, 0.4) is 0 Å². The number of carbonyl (C=O) groups is 1. The van der Waals surface area contributed by atoms with Crippen LogP contribution in [0.1, 0.15) is 51.4 Å². The molecule has 2 fully saturated rings. The lowest BCUT2D eigenvalue weighted by Gasteiger charge is -2.33. The van der Waals surface area contributed by atoms with E-state index in [-0.39, 0.29) is 18.2 Å². The third-order valence-corrected chi connectivity index (χ3v) is 5.44. The quantitative estimate of drug-likeness (QED) is 0.785. The van der Waals surface area contributed by atoms with E-state index in [1.54, 1.807) is 0 Å². The Kier molecular flexibility index (Phi) is 6.97. The molecule has 5 heteroatoms. The minimum absolute atomic E-state index is 0.0959. The fraction of sp³-hybridized carbons (Fsp3) is 0.842. The highest BCUT2D eigenvalue weighted by Crippen LogP contribution is 2.19. The first-order valence-corrected chi connectivity index (χ1v) is 9.72. The normalized spacial score (nSPS) is 28.8. The number of ether oxygens (including phenoxy) is 2. The molecule has 0 spiro atoms. The highest BCUT2D eigenvalue weighted by Gasteiger charge is 2.25. The minimum atomic E-state index is 0.0959. The van der Waals surface area contributed by atoms with E-state index in [1.807, 2.05) is 4.90 Å². The lowest BCUT2D eigenvalue weighted by Crippen LogP contribution is -2.47. The summed E-state index contributed by atoms with van der Waals surface area (Å²) in [6.07, 6.45) is 13.9. The molecule has 5 nitrogen and oxygen atoms in total. The molecule has 3 rings (SSSR count). The summed E-state index contributed by atoms with van der Waals surface area (Å²) in [6, 6.07) is 0.0959. The van der Waals surface area contributed by atoms with E-state index in [2.05, 4.69) is 17.5 Å². The first kappa shape index (κ1) is 17.7. The largest absolute Gasteiger partial charge is 0.376 e. The average molecular weight is 336 g/mol. The van der Waals surface area contributed by atoms with Crippen molar-refractivity contribution in [1.82, 2.24) is 10.2 Å². The lowest BCUT2D eigenvalue weighted by molar-refractivity contribution is -0.0728. The van der Waals surface area contributed by atoms with Gasteiger partial charge in [0.15, 0.2) is 0 Å². The Morgan fingerprint density at radius 1 is 1.17 bits per heavy atom. The van der Waals surface area contributed by atoms with Gasteiger partial charge in [0.2, 0.25) is 0 Å². The van der Waals surface area contributed by atoms with Crippen molar-refractivity contribution in [2.45, 2.75) is 63.6 Å². The summed E-state index contributed by atoms with van der Waals surface area (Å²) < 4.78 is 11.7. The molecule has 0 aromatic carbocycles. The third-order valence-electron chi connectivity index (χ3n) is 5.44. The number of hydrogen-bond acceptors (Lipinski definition) is 3. The molecule has 3 aliphatic rings. The molecule has 0 radical (unpaired) electrons. The molecule has 1 N–H and O–H groups in total. The van der Waals surface area contributed by atoms with Gasteiger partial charge >= 0.3 is 6.03 Å². The van der Waals surface area contributed by atoms with Crippen LogP contribution in [0.2, 0.25) is 0 Å². The molecule has 1 aliphatic carbocycles. The molecular formula is C19H32N2O3. The van der Waals surface area contributed by atoms with Crippen molar-refractivity contribution in [2.24, 2.45) is 5.92 Å². The maximum Gasteiger partial charge on any atom is 0.317 e. The summed E-state index contributed by atoms with van der Waals surface area (Å²) in [7, 11) is 0. The molecule has 0 saturated carbocycles. The van der Waals surface area contributed by atoms with Gasteiger partial charge in [0.25, 0.3) is 0 Å². The third kappa shape index (κ3) is 5.49. The van der Waals surface area contributed by atoms with Crippen LogP contribution in [0.5, 0.6) is 0 Å². The molecular weight excluding hydrogens is 304 g/mol. The molecule has 24 heavy (non-hydrogen) atoms. The molecule has 0 aromatic rings. The maximum absolute atomic E-state index is 12.3. The Morgan fingerprint density at radius 3 is 2.75 bits per heavy atom. The van der Waals surface area contributed by atoms with Gasteiger partial charge in [-0.25, -0.2) is 4.79 Å². The van der Waals surface area contributed by atoms with E-state index < -0.39 is 0 Å². The van der Waals surface area contributed by atoms with Gasteiger partial charge < -0.3 is 19.7 Å². The highest BCUT2D eigenvalue weighted by molar-refractivity contribution is 5.74. The Morgan fingerprint density at radius 2 is 2.04 bits per heavy atom. The molecule has 2 atom stereocenters. The topological polar surface area (TPSA) is 50.8 Å². The number of piperidine rings is 1. The number of allylic oxidation sites excluding steroid dienone is 2. The Labute approximate surface area is 145 Å². The number of amides is 2. The second-order valence-electron chi connectivity index (χ2n) is 7.34. The minimum Gasteiger partial charge on any atom is -0.376 e. The van der Waals surface area contributed by atoms with Crippen LogP contribution in [0.15, 0.2) is 12.2 Å². The number of nitrogens with zero attached hydrogens (tertiary/aromatic N) is 1. The van der Waals surface area contributed by atoms with Gasteiger partial charge in [-0.2, -0.15) is 0 Å². The van der Waals surface area contributed by atoms with Crippen LogP contribution in [0, 0.1) is 5.92 Å². The number of likely N-dealkylation sites (tertiary alicyclic amines) is 1. The molecule has 2 amide bonds. The van der Waals surface area contributed by atoms with Crippen LogP contribution in [0.4, 0.5) is 4.79 Å².